The van der Waals surface area contributed by atoms with E-state index in [1.165, 1.54) is 6.07 Å². The molecular weight excluding hydrogens is 279 g/mol. The van der Waals surface area contributed by atoms with Crippen LogP contribution in [0.3, 0.4) is 0 Å². The summed E-state index contributed by atoms with van der Waals surface area (Å²) in [6.45, 7) is 10.1. The lowest BCUT2D eigenvalue weighted by Crippen LogP contribution is -2.48. The summed E-state index contributed by atoms with van der Waals surface area (Å²) in [7, 11) is 0. The summed E-state index contributed by atoms with van der Waals surface area (Å²) in [5.74, 6) is -0.747. The van der Waals surface area contributed by atoms with E-state index in [9.17, 15) is 9.50 Å². The van der Waals surface area contributed by atoms with Crippen LogP contribution in [-0.4, -0.2) is 36.2 Å². The third-order valence-electron chi connectivity index (χ3n) is 3.65. The van der Waals surface area contributed by atoms with Crippen molar-refractivity contribution in [2.24, 2.45) is 5.41 Å². The molecule has 0 bridgehead atoms. The molecule has 0 radical (unpaired) electrons. The van der Waals surface area contributed by atoms with Crippen molar-refractivity contribution in [3.63, 3.8) is 0 Å². The van der Waals surface area contributed by atoms with E-state index in [1.54, 1.807) is 6.07 Å². The Morgan fingerprint density at radius 1 is 1.25 bits per heavy atom. The van der Waals surface area contributed by atoms with Crippen molar-refractivity contribution in [3.05, 3.63) is 29.6 Å². The standard InChI is InChI=1S/C15H23FN2O.ClH/c1-15(2,3)14(18-9-7-17-8-10-18)11-5-4-6-12(16)13(11)19;/h4-6,14,17,19H,7-10H2,1-3H3;1H/t14-;/m1./s1. The predicted octanol–water partition coefficient (Wildman–Crippen LogP) is 2.95. The number of hydrogen-bond acceptors (Lipinski definition) is 3. The molecule has 0 spiro atoms. The Bertz CT molecular complexity index is 442. The van der Waals surface area contributed by atoms with Crippen molar-refractivity contribution < 1.29 is 9.50 Å². The number of nitrogens with one attached hydrogen (secondary N) is 1. The van der Waals surface area contributed by atoms with Crippen LogP contribution < -0.4 is 5.32 Å². The summed E-state index contributed by atoms with van der Waals surface area (Å²) in [5, 5.41) is 13.4. The van der Waals surface area contributed by atoms with Crippen LogP contribution in [0.2, 0.25) is 0 Å². The molecule has 0 amide bonds. The molecule has 20 heavy (non-hydrogen) atoms. The Hall–Kier alpha value is -0.840. The second-order valence-electron chi connectivity index (χ2n) is 6.23. The molecule has 1 aromatic carbocycles. The van der Waals surface area contributed by atoms with Gasteiger partial charge in [-0.05, 0) is 11.5 Å². The molecule has 5 heteroatoms. The molecule has 2 rings (SSSR count). The van der Waals surface area contributed by atoms with Crippen LogP contribution in [0, 0.1) is 11.2 Å². The number of rotatable bonds is 2. The molecule has 2 N–H and O–H groups in total. The summed E-state index contributed by atoms with van der Waals surface area (Å²) in [4.78, 5) is 2.32. The predicted molar refractivity (Wildman–Crippen MR) is 82.0 cm³/mol. The fraction of sp³-hybridized carbons (Fsp3) is 0.600. The topological polar surface area (TPSA) is 35.5 Å². The van der Waals surface area contributed by atoms with Crippen LogP contribution in [0.15, 0.2) is 18.2 Å². The molecule has 114 valence electrons. The van der Waals surface area contributed by atoms with E-state index in [4.69, 9.17) is 0 Å². The van der Waals surface area contributed by atoms with Gasteiger partial charge < -0.3 is 10.4 Å². The van der Waals surface area contributed by atoms with E-state index in [2.05, 4.69) is 31.0 Å². The highest BCUT2D eigenvalue weighted by molar-refractivity contribution is 5.85. The minimum absolute atomic E-state index is 0. The smallest absolute Gasteiger partial charge is 0.165 e. The molecule has 1 aromatic rings. The van der Waals surface area contributed by atoms with Crippen LogP contribution >= 0.6 is 12.4 Å². The first-order valence-corrected chi connectivity index (χ1v) is 6.83. The molecule has 0 aliphatic carbocycles. The van der Waals surface area contributed by atoms with Crippen LogP contribution in [0.4, 0.5) is 4.39 Å². The summed E-state index contributed by atoms with van der Waals surface area (Å²) < 4.78 is 13.6. The number of halogens is 2. The maximum atomic E-state index is 13.6. The zero-order chi connectivity index (χ0) is 14.0. The first-order valence-electron chi connectivity index (χ1n) is 6.83. The van der Waals surface area contributed by atoms with E-state index in [-0.39, 0.29) is 29.6 Å². The minimum Gasteiger partial charge on any atom is -0.505 e. The second kappa shape index (κ2) is 6.74. The van der Waals surface area contributed by atoms with Crippen molar-refractivity contribution in [2.45, 2.75) is 26.8 Å². The Morgan fingerprint density at radius 3 is 2.40 bits per heavy atom. The number of para-hydroxylation sites is 1. The van der Waals surface area contributed by atoms with Crippen molar-refractivity contribution in [1.82, 2.24) is 10.2 Å². The van der Waals surface area contributed by atoms with Crippen molar-refractivity contribution in [2.75, 3.05) is 26.2 Å². The van der Waals surface area contributed by atoms with Gasteiger partial charge in [-0.25, -0.2) is 4.39 Å². The van der Waals surface area contributed by atoms with E-state index in [1.807, 2.05) is 6.07 Å². The van der Waals surface area contributed by atoms with Gasteiger partial charge in [-0.15, -0.1) is 12.4 Å². The number of aromatic hydroxyl groups is 1. The van der Waals surface area contributed by atoms with Crippen LogP contribution in [0.1, 0.15) is 32.4 Å². The van der Waals surface area contributed by atoms with E-state index >= 15 is 0 Å². The van der Waals surface area contributed by atoms with Gasteiger partial charge in [0, 0.05) is 37.8 Å². The lowest BCUT2D eigenvalue weighted by Gasteiger charge is -2.42. The summed E-state index contributed by atoms with van der Waals surface area (Å²) in [6, 6.07) is 4.82. The summed E-state index contributed by atoms with van der Waals surface area (Å²) in [5.41, 5.74) is 0.622. The summed E-state index contributed by atoms with van der Waals surface area (Å²) >= 11 is 0. The van der Waals surface area contributed by atoms with E-state index < -0.39 is 5.82 Å². The molecule has 0 unspecified atom stereocenters. The zero-order valence-electron chi connectivity index (χ0n) is 12.3. The molecule has 1 aliphatic heterocycles. The van der Waals surface area contributed by atoms with Gasteiger partial charge in [0.2, 0.25) is 0 Å². The van der Waals surface area contributed by atoms with E-state index in [0.29, 0.717) is 5.56 Å². The molecular formula is C15H24ClFN2O. The Morgan fingerprint density at radius 2 is 1.85 bits per heavy atom. The van der Waals surface area contributed by atoms with Crippen molar-refractivity contribution in [3.8, 4) is 5.75 Å². The average Bonchev–Trinajstić information content (AvgIpc) is 2.35. The largest absolute Gasteiger partial charge is 0.505 e. The second-order valence-corrected chi connectivity index (χ2v) is 6.23. The molecule has 0 aromatic heterocycles. The number of hydrogen-bond donors (Lipinski definition) is 2. The van der Waals surface area contributed by atoms with Gasteiger partial charge in [0.25, 0.3) is 0 Å². The number of benzene rings is 1. The van der Waals surface area contributed by atoms with Crippen molar-refractivity contribution in [1.29, 1.82) is 0 Å². The van der Waals surface area contributed by atoms with Gasteiger partial charge in [-0.1, -0.05) is 32.9 Å². The number of phenols is 1. The quantitative estimate of drug-likeness (QED) is 0.882. The number of phenolic OH excluding ortho intramolecular Hbond substituents is 1. The lowest BCUT2D eigenvalue weighted by atomic mass is 9.80. The SMILES string of the molecule is CC(C)(C)[C@@H](c1cccc(F)c1O)N1CCNCC1.Cl. The first kappa shape index (κ1) is 17.2. The Kier molecular flexibility index (Phi) is 5.80. The van der Waals surface area contributed by atoms with Gasteiger partial charge in [0.05, 0.1) is 0 Å². The lowest BCUT2D eigenvalue weighted by molar-refractivity contribution is 0.0838. The Labute approximate surface area is 126 Å². The molecule has 1 aliphatic rings. The fourth-order valence-electron chi connectivity index (χ4n) is 2.90. The third-order valence-corrected chi connectivity index (χ3v) is 3.65. The number of nitrogens with zero attached hydrogens (tertiary/aromatic N) is 1. The van der Waals surface area contributed by atoms with Gasteiger partial charge >= 0.3 is 0 Å². The monoisotopic (exact) mass is 302 g/mol. The average molecular weight is 303 g/mol. The molecule has 3 nitrogen and oxygen atoms in total. The summed E-state index contributed by atoms with van der Waals surface area (Å²) in [6.07, 6.45) is 0. The number of piperazine rings is 1. The maximum Gasteiger partial charge on any atom is 0.165 e. The van der Waals surface area contributed by atoms with Gasteiger partial charge in [-0.3, -0.25) is 4.90 Å². The highest BCUT2D eigenvalue weighted by Gasteiger charge is 2.34. The third kappa shape index (κ3) is 3.62. The molecule has 1 saturated heterocycles. The zero-order valence-corrected chi connectivity index (χ0v) is 13.1. The molecule has 1 atom stereocenters. The highest BCUT2D eigenvalue weighted by atomic mass is 35.5. The Balaban J connectivity index is 0.00000200. The fourth-order valence-corrected chi connectivity index (χ4v) is 2.90. The minimum atomic E-state index is -0.540. The van der Waals surface area contributed by atoms with Gasteiger partial charge in [0.15, 0.2) is 11.6 Å². The van der Waals surface area contributed by atoms with Crippen molar-refractivity contribution >= 4 is 12.4 Å². The first-order chi connectivity index (χ1) is 8.91. The maximum absolute atomic E-state index is 13.6. The normalized spacial score (nSPS) is 18.4. The highest BCUT2D eigenvalue weighted by Crippen LogP contribution is 2.42. The van der Waals surface area contributed by atoms with Crippen LogP contribution in [0.25, 0.3) is 0 Å². The van der Waals surface area contributed by atoms with Crippen LogP contribution in [0.5, 0.6) is 5.75 Å². The van der Waals surface area contributed by atoms with Gasteiger partial charge in [-0.2, -0.15) is 0 Å². The van der Waals surface area contributed by atoms with E-state index in [0.717, 1.165) is 26.2 Å². The van der Waals surface area contributed by atoms with Gasteiger partial charge in [0.1, 0.15) is 0 Å². The molecule has 1 heterocycles. The molecule has 1 fully saturated rings. The van der Waals surface area contributed by atoms with Crippen LogP contribution in [-0.2, 0) is 0 Å². The molecule has 0 saturated carbocycles.